The number of nitrogens with one attached hydrogen (secondary N) is 2. The normalized spacial score (nSPS) is 14.1. The molecule has 3 rings (SSSR count). The van der Waals surface area contributed by atoms with Crippen LogP contribution in [0.5, 0.6) is 5.75 Å². The van der Waals surface area contributed by atoms with Crippen molar-refractivity contribution in [3.05, 3.63) is 54.1 Å². The Kier molecular flexibility index (Phi) is 10.3. The van der Waals surface area contributed by atoms with Crippen LogP contribution < -0.4 is 14.8 Å². The van der Waals surface area contributed by atoms with Gasteiger partial charge >= 0.3 is 12.1 Å². The third-order valence-corrected chi connectivity index (χ3v) is 6.77. The summed E-state index contributed by atoms with van der Waals surface area (Å²) in [4.78, 5) is 21.6. The predicted molar refractivity (Wildman–Crippen MR) is 129 cm³/mol. The van der Waals surface area contributed by atoms with Crippen LogP contribution in [0.25, 0.3) is 0 Å². The number of halogens is 3. The van der Waals surface area contributed by atoms with E-state index in [9.17, 15) is 26.4 Å². The van der Waals surface area contributed by atoms with E-state index < -0.39 is 27.6 Å². The second kappa shape index (κ2) is 12.8. The molecule has 3 N–H and O–H groups in total. The number of hydrogen-bond acceptors (Lipinski definition) is 6. The first-order chi connectivity index (χ1) is 17.4. The fourth-order valence-electron chi connectivity index (χ4n) is 3.31. The summed E-state index contributed by atoms with van der Waals surface area (Å²) in [6, 6.07) is 13.3. The van der Waals surface area contributed by atoms with Gasteiger partial charge in [-0.15, -0.1) is 0 Å². The van der Waals surface area contributed by atoms with Gasteiger partial charge in [0.25, 0.3) is 10.0 Å². The molecule has 1 amide bonds. The molecule has 2 aromatic rings. The van der Waals surface area contributed by atoms with Crippen molar-refractivity contribution in [2.45, 2.75) is 42.7 Å². The quantitative estimate of drug-likeness (QED) is 0.366. The SMILES string of the molecule is CCOc1ccc(S(=O)(=O)Nc2ccc(C3(C(=O)NCCCOC)CC3)cc2)cc1.O=C(O)C(F)(F)F. The number of ether oxygens (including phenoxy) is 2. The van der Waals surface area contributed by atoms with Gasteiger partial charge in [0.05, 0.1) is 16.9 Å². The maximum absolute atomic E-state index is 12.6. The zero-order valence-electron chi connectivity index (χ0n) is 20.3. The molecular formula is C24H29F3N2O7S. The largest absolute Gasteiger partial charge is 0.494 e. The molecule has 0 spiro atoms. The van der Waals surface area contributed by atoms with Gasteiger partial charge in [0.2, 0.25) is 5.91 Å². The number of carboxylic acid groups (broad SMARTS) is 1. The summed E-state index contributed by atoms with van der Waals surface area (Å²) in [5.74, 6) is -2.12. The molecule has 1 aliphatic carbocycles. The van der Waals surface area contributed by atoms with E-state index >= 15 is 0 Å². The predicted octanol–water partition coefficient (Wildman–Crippen LogP) is 3.70. The fraction of sp³-hybridized carbons (Fsp3) is 0.417. The van der Waals surface area contributed by atoms with Crippen molar-refractivity contribution < 1.29 is 45.8 Å². The van der Waals surface area contributed by atoms with Crippen LogP contribution >= 0.6 is 0 Å². The van der Waals surface area contributed by atoms with Crippen molar-refractivity contribution in [3.8, 4) is 5.75 Å². The Hall–Kier alpha value is -3.32. The van der Waals surface area contributed by atoms with E-state index in [-0.39, 0.29) is 10.8 Å². The van der Waals surface area contributed by atoms with E-state index in [2.05, 4.69) is 10.0 Å². The van der Waals surface area contributed by atoms with Crippen LogP contribution in [0.2, 0.25) is 0 Å². The molecule has 0 bridgehead atoms. The first-order valence-electron chi connectivity index (χ1n) is 11.3. The Balaban J connectivity index is 0.000000604. The minimum atomic E-state index is -5.08. The Morgan fingerprint density at radius 3 is 2.08 bits per heavy atom. The molecule has 2 aromatic carbocycles. The molecule has 13 heteroatoms. The summed E-state index contributed by atoms with van der Waals surface area (Å²) < 4.78 is 69.9. The maximum atomic E-state index is 12.6. The number of rotatable bonds is 11. The lowest BCUT2D eigenvalue weighted by molar-refractivity contribution is -0.192. The van der Waals surface area contributed by atoms with Gasteiger partial charge in [-0.05, 0) is 68.1 Å². The van der Waals surface area contributed by atoms with Crippen molar-refractivity contribution in [2.24, 2.45) is 0 Å². The van der Waals surface area contributed by atoms with E-state index in [1.165, 1.54) is 12.1 Å². The van der Waals surface area contributed by atoms with Gasteiger partial charge < -0.3 is 19.9 Å². The monoisotopic (exact) mass is 546 g/mol. The molecule has 0 saturated heterocycles. The van der Waals surface area contributed by atoms with Gasteiger partial charge in [-0.3, -0.25) is 9.52 Å². The molecule has 9 nitrogen and oxygen atoms in total. The van der Waals surface area contributed by atoms with E-state index in [1.807, 2.05) is 19.1 Å². The number of carboxylic acids is 1. The van der Waals surface area contributed by atoms with E-state index in [0.717, 1.165) is 24.8 Å². The molecule has 1 saturated carbocycles. The Bertz CT molecular complexity index is 1150. The molecule has 37 heavy (non-hydrogen) atoms. The van der Waals surface area contributed by atoms with Gasteiger partial charge in [0.1, 0.15) is 5.75 Å². The summed E-state index contributed by atoms with van der Waals surface area (Å²) in [6.45, 7) is 3.57. The standard InChI is InChI=1S/C22H28N2O5S.C2HF3O2/c1-3-29-19-9-11-20(12-10-19)30(26,27)24-18-7-5-17(6-8-18)22(13-14-22)21(25)23-15-4-16-28-2;3-2(4,5)1(6)7/h5-12,24H,3-4,13-16H2,1-2H3,(H,23,25);(H,6,7). The molecule has 204 valence electrons. The zero-order chi connectivity index (χ0) is 27.7. The average molecular weight is 547 g/mol. The van der Waals surface area contributed by atoms with Gasteiger partial charge in [-0.2, -0.15) is 13.2 Å². The number of carbonyl (C=O) groups excluding carboxylic acids is 1. The third-order valence-electron chi connectivity index (χ3n) is 5.37. The van der Waals surface area contributed by atoms with Gasteiger partial charge in [0.15, 0.2) is 0 Å². The van der Waals surface area contributed by atoms with Crippen molar-refractivity contribution >= 4 is 27.6 Å². The summed E-state index contributed by atoms with van der Waals surface area (Å²) >= 11 is 0. The zero-order valence-corrected chi connectivity index (χ0v) is 21.1. The number of alkyl halides is 3. The van der Waals surface area contributed by atoms with Crippen molar-refractivity contribution in [1.29, 1.82) is 0 Å². The molecule has 1 aliphatic rings. The highest BCUT2D eigenvalue weighted by Gasteiger charge is 2.51. The molecular weight excluding hydrogens is 517 g/mol. The average Bonchev–Trinajstić information content (AvgIpc) is 3.65. The van der Waals surface area contributed by atoms with Crippen LogP contribution in [0.15, 0.2) is 53.4 Å². The molecule has 0 unspecified atom stereocenters. The summed E-state index contributed by atoms with van der Waals surface area (Å²) in [5.41, 5.74) is 0.847. The van der Waals surface area contributed by atoms with Crippen molar-refractivity contribution in [3.63, 3.8) is 0 Å². The topological polar surface area (TPSA) is 131 Å². The number of hydrogen-bond donors (Lipinski definition) is 3. The number of anilines is 1. The number of carbonyl (C=O) groups is 2. The number of sulfonamides is 1. The lowest BCUT2D eigenvalue weighted by Gasteiger charge is -2.16. The van der Waals surface area contributed by atoms with E-state index in [0.29, 0.717) is 31.2 Å². The number of aliphatic carboxylic acids is 1. The lowest BCUT2D eigenvalue weighted by Crippen LogP contribution is -2.35. The fourth-order valence-corrected chi connectivity index (χ4v) is 4.37. The van der Waals surface area contributed by atoms with Crippen LogP contribution in [0.3, 0.4) is 0 Å². The van der Waals surface area contributed by atoms with Gasteiger partial charge in [0, 0.05) is 25.9 Å². The lowest BCUT2D eigenvalue weighted by atomic mass is 9.95. The molecule has 0 aliphatic heterocycles. The summed E-state index contributed by atoms with van der Waals surface area (Å²) in [6.07, 6.45) is -2.73. The molecule has 0 atom stereocenters. The second-order valence-corrected chi connectivity index (χ2v) is 9.76. The first kappa shape index (κ1) is 29.9. The summed E-state index contributed by atoms with van der Waals surface area (Å²) in [5, 5.41) is 10.1. The van der Waals surface area contributed by atoms with Gasteiger partial charge in [-0.1, -0.05) is 12.1 Å². The smallest absolute Gasteiger partial charge is 0.490 e. The van der Waals surface area contributed by atoms with Gasteiger partial charge in [-0.25, -0.2) is 13.2 Å². The van der Waals surface area contributed by atoms with Crippen LogP contribution in [0.1, 0.15) is 31.7 Å². The molecule has 1 fully saturated rings. The van der Waals surface area contributed by atoms with E-state index in [4.69, 9.17) is 19.4 Å². The van der Waals surface area contributed by atoms with E-state index in [1.54, 1.807) is 31.4 Å². The molecule has 0 aromatic heterocycles. The Labute approximate surface area is 213 Å². The van der Waals surface area contributed by atoms with Crippen LogP contribution in [-0.2, 0) is 29.8 Å². The number of methoxy groups -OCH3 is 1. The number of benzene rings is 2. The van der Waals surface area contributed by atoms with Crippen LogP contribution in [-0.4, -0.2) is 58.4 Å². The Morgan fingerprint density at radius 2 is 1.62 bits per heavy atom. The highest BCUT2D eigenvalue weighted by atomic mass is 32.2. The molecule has 0 heterocycles. The number of amides is 1. The minimum Gasteiger partial charge on any atom is -0.494 e. The Morgan fingerprint density at radius 1 is 1.05 bits per heavy atom. The second-order valence-electron chi connectivity index (χ2n) is 8.07. The highest BCUT2D eigenvalue weighted by molar-refractivity contribution is 7.92. The van der Waals surface area contributed by atoms with Crippen molar-refractivity contribution in [2.75, 3.05) is 31.6 Å². The summed E-state index contributed by atoms with van der Waals surface area (Å²) in [7, 11) is -2.07. The first-order valence-corrected chi connectivity index (χ1v) is 12.8. The van der Waals surface area contributed by atoms with Crippen molar-refractivity contribution in [1.82, 2.24) is 5.32 Å². The minimum absolute atomic E-state index is 0.0151. The van der Waals surface area contributed by atoms with Crippen LogP contribution in [0, 0.1) is 0 Å². The third kappa shape index (κ3) is 8.64. The van der Waals surface area contributed by atoms with Crippen LogP contribution in [0.4, 0.5) is 18.9 Å². The highest BCUT2D eigenvalue weighted by Crippen LogP contribution is 2.48. The maximum Gasteiger partial charge on any atom is 0.490 e. The molecule has 0 radical (unpaired) electrons.